The molecule has 1 rings (SSSR count). The SMILES string of the molecule is [AsH3].[CaH2].c1ccncc1. The first kappa shape index (κ1) is 11.7. The molecule has 1 aromatic heterocycles. The van der Waals surface area contributed by atoms with Gasteiger partial charge in [-0.3, -0.25) is 4.98 Å². The van der Waals surface area contributed by atoms with Gasteiger partial charge in [-0.15, -0.1) is 0 Å². The van der Waals surface area contributed by atoms with Gasteiger partial charge in [-0.2, -0.15) is 0 Å². The molecule has 0 aliphatic carbocycles. The Morgan fingerprint density at radius 3 is 1.50 bits per heavy atom. The molecule has 1 aromatic rings. The van der Waals surface area contributed by atoms with E-state index in [0.29, 0.717) is 0 Å². The first-order chi connectivity index (χ1) is 3.00. The van der Waals surface area contributed by atoms with Gasteiger partial charge in [0, 0.05) is 12.4 Å². The number of hydrogen-bond donors (Lipinski definition) is 0. The molecule has 0 saturated carbocycles. The molecular formula is C5H10AsCaN. The van der Waals surface area contributed by atoms with Crippen molar-refractivity contribution in [3.05, 3.63) is 30.6 Å². The molecule has 42 valence electrons. The fraction of sp³-hybridized carbons (Fsp3) is 0. The molecule has 0 fully saturated rings. The second-order valence-corrected chi connectivity index (χ2v) is 1.02. The molecule has 0 bridgehead atoms. The van der Waals surface area contributed by atoms with Crippen molar-refractivity contribution in [1.29, 1.82) is 0 Å². The Morgan fingerprint density at radius 2 is 1.38 bits per heavy atom. The monoisotopic (exact) mass is 199 g/mol. The Hall–Kier alpha value is 0.968. The van der Waals surface area contributed by atoms with Gasteiger partial charge in [-0.25, -0.2) is 0 Å². The van der Waals surface area contributed by atoms with Crippen molar-refractivity contribution in [3.8, 4) is 0 Å². The van der Waals surface area contributed by atoms with Crippen LogP contribution in [0.5, 0.6) is 0 Å². The quantitative estimate of drug-likeness (QED) is 0.487. The number of rotatable bonds is 0. The molecule has 3 heteroatoms. The molecule has 0 spiro atoms. The maximum atomic E-state index is 3.78. The summed E-state index contributed by atoms with van der Waals surface area (Å²) in [4.78, 5) is 3.78. The normalized spacial score (nSPS) is 6.00. The van der Waals surface area contributed by atoms with Crippen molar-refractivity contribution in [2.45, 2.75) is 0 Å². The minimum Gasteiger partial charge on any atom is -0.265 e. The van der Waals surface area contributed by atoms with Crippen molar-refractivity contribution >= 4 is 55.7 Å². The molecule has 0 radical (unpaired) electrons. The molecule has 1 atom stereocenters. The van der Waals surface area contributed by atoms with Gasteiger partial charge in [0.2, 0.25) is 0 Å². The van der Waals surface area contributed by atoms with Crippen molar-refractivity contribution in [1.82, 2.24) is 4.98 Å². The predicted octanol–water partition coefficient (Wildman–Crippen LogP) is -1.02. The molecule has 8 heavy (non-hydrogen) atoms. The summed E-state index contributed by atoms with van der Waals surface area (Å²) in [6.07, 6.45) is 3.50. The van der Waals surface area contributed by atoms with E-state index >= 15 is 0 Å². The number of nitrogens with zero attached hydrogens (tertiary/aromatic N) is 1. The first-order valence-corrected chi connectivity index (χ1v) is 1.85. The van der Waals surface area contributed by atoms with Crippen molar-refractivity contribution < 1.29 is 0 Å². The largest absolute Gasteiger partial charge is 0.265 e. The van der Waals surface area contributed by atoms with E-state index in [-0.39, 0.29) is 55.7 Å². The van der Waals surface area contributed by atoms with Crippen LogP contribution < -0.4 is 0 Å². The van der Waals surface area contributed by atoms with E-state index in [1.165, 1.54) is 0 Å². The molecule has 0 N–H and O–H groups in total. The van der Waals surface area contributed by atoms with E-state index in [4.69, 9.17) is 0 Å². The maximum absolute atomic E-state index is 3.78. The molecule has 0 aromatic carbocycles. The third-order valence-electron chi connectivity index (χ3n) is 0.566. The summed E-state index contributed by atoms with van der Waals surface area (Å²) < 4.78 is 0. The van der Waals surface area contributed by atoms with E-state index in [2.05, 4.69) is 4.98 Å². The van der Waals surface area contributed by atoms with Crippen LogP contribution in [0, 0.1) is 0 Å². The van der Waals surface area contributed by atoms with Gasteiger partial charge in [-0.1, -0.05) is 6.07 Å². The van der Waals surface area contributed by atoms with Crippen molar-refractivity contribution in [2.24, 2.45) is 0 Å². The van der Waals surface area contributed by atoms with Gasteiger partial charge < -0.3 is 0 Å². The zero-order valence-corrected chi connectivity index (χ0v) is 7.01. The third-order valence-corrected chi connectivity index (χ3v) is 0.566. The summed E-state index contributed by atoms with van der Waals surface area (Å²) in [6, 6.07) is 5.72. The molecule has 1 unspecified atom stereocenters. The molecule has 0 saturated heterocycles. The second-order valence-electron chi connectivity index (χ2n) is 1.02. The van der Waals surface area contributed by atoms with Crippen LogP contribution in [-0.2, 0) is 0 Å². The Labute approximate surface area is 90.2 Å². The minimum absolute atomic E-state index is 0. The van der Waals surface area contributed by atoms with Crippen LogP contribution >= 0.6 is 0 Å². The fourth-order valence-electron chi connectivity index (χ4n) is 0.313. The maximum Gasteiger partial charge on any atom is 0.0267 e. The van der Waals surface area contributed by atoms with Crippen molar-refractivity contribution in [2.75, 3.05) is 0 Å². The Bertz CT molecular complexity index is 84.4. The second kappa shape index (κ2) is 7.97. The summed E-state index contributed by atoms with van der Waals surface area (Å²) in [7, 11) is 0. The minimum atomic E-state index is 0. The summed E-state index contributed by atoms with van der Waals surface area (Å²) in [5.74, 6) is 0. The van der Waals surface area contributed by atoms with Crippen LogP contribution in [-0.4, -0.2) is 60.7 Å². The topological polar surface area (TPSA) is 12.9 Å². The van der Waals surface area contributed by atoms with E-state index < -0.39 is 0 Å². The first-order valence-electron chi connectivity index (χ1n) is 1.85. The predicted molar refractivity (Wildman–Crippen MR) is 42.7 cm³/mol. The van der Waals surface area contributed by atoms with Crippen LogP contribution in [0.25, 0.3) is 0 Å². The zero-order valence-electron chi connectivity index (χ0n) is 4.04. The summed E-state index contributed by atoms with van der Waals surface area (Å²) in [6.45, 7) is 0. The molecule has 1 nitrogen and oxygen atoms in total. The van der Waals surface area contributed by atoms with Crippen LogP contribution in [0.4, 0.5) is 0 Å². The van der Waals surface area contributed by atoms with Crippen molar-refractivity contribution in [3.63, 3.8) is 0 Å². The van der Waals surface area contributed by atoms with Crippen LogP contribution in [0.2, 0.25) is 0 Å². The van der Waals surface area contributed by atoms with Crippen LogP contribution in [0.3, 0.4) is 0 Å². The van der Waals surface area contributed by atoms with E-state index in [0.717, 1.165) is 0 Å². The van der Waals surface area contributed by atoms with E-state index in [9.17, 15) is 0 Å². The zero-order chi connectivity index (χ0) is 4.24. The molecule has 0 amide bonds. The Morgan fingerprint density at radius 1 is 0.875 bits per heavy atom. The fourth-order valence-corrected chi connectivity index (χ4v) is 0.313. The molecule has 0 aliphatic rings. The van der Waals surface area contributed by atoms with Gasteiger partial charge >= 0.3 is 55.7 Å². The van der Waals surface area contributed by atoms with E-state index in [1.54, 1.807) is 12.4 Å². The molecular weight excluding hydrogens is 189 g/mol. The van der Waals surface area contributed by atoms with Crippen LogP contribution in [0.15, 0.2) is 30.6 Å². The van der Waals surface area contributed by atoms with Gasteiger partial charge in [0.05, 0.1) is 0 Å². The van der Waals surface area contributed by atoms with Gasteiger partial charge in [0.1, 0.15) is 0 Å². The summed E-state index contributed by atoms with van der Waals surface area (Å²) in [5.41, 5.74) is 0. The summed E-state index contributed by atoms with van der Waals surface area (Å²) in [5, 5.41) is 0. The average molecular weight is 199 g/mol. The average Bonchev–Trinajstić information content (AvgIpc) is 1.72. The number of hydrogen-bond acceptors (Lipinski definition) is 1. The Balaban J connectivity index is 0. The van der Waals surface area contributed by atoms with E-state index in [1.807, 2.05) is 18.2 Å². The number of aromatic nitrogens is 1. The van der Waals surface area contributed by atoms with Crippen LogP contribution in [0.1, 0.15) is 0 Å². The van der Waals surface area contributed by atoms with Gasteiger partial charge in [-0.05, 0) is 12.1 Å². The smallest absolute Gasteiger partial charge is 0.0267 e. The molecule has 0 aliphatic heterocycles. The molecule has 1 heterocycles. The number of pyridine rings is 1. The summed E-state index contributed by atoms with van der Waals surface area (Å²) >= 11 is 0. The van der Waals surface area contributed by atoms with Gasteiger partial charge in [0.15, 0.2) is 0 Å². The Kier molecular flexibility index (Phi) is 11.7. The standard InChI is InChI=1S/C5H5N.AsH3.Ca.2H/c1-2-4-6-5-3-1;;;;/h1-5H;1H3;;;. The third kappa shape index (κ3) is 5.11. The van der Waals surface area contributed by atoms with Gasteiger partial charge in [0.25, 0.3) is 0 Å².